The molecule has 0 spiro atoms. The summed E-state index contributed by atoms with van der Waals surface area (Å²) in [5.41, 5.74) is 2.41. The van der Waals surface area contributed by atoms with Crippen molar-refractivity contribution in [1.82, 2.24) is 10.2 Å². The maximum atomic E-state index is 14.2. The second-order valence-corrected chi connectivity index (χ2v) is 8.04. The molecule has 2 amide bonds. The van der Waals surface area contributed by atoms with Crippen LogP contribution in [0.4, 0.5) is 4.39 Å². The van der Waals surface area contributed by atoms with Crippen molar-refractivity contribution in [2.45, 2.75) is 47.2 Å². The summed E-state index contributed by atoms with van der Waals surface area (Å²) in [6.07, 6.45) is 0. The molecule has 162 valence electrons. The average Bonchev–Trinajstić information content (AvgIpc) is 2.68. The highest BCUT2D eigenvalue weighted by Crippen LogP contribution is 2.17. The van der Waals surface area contributed by atoms with E-state index >= 15 is 0 Å². The second kappa shape index (κ2) is 10.8. The van der Waals surface area contributed by atoms with E-state index < -0.39 is 11.9 Å². The molecular formula is C24H31FN2O3. The van der Waals surface area contributed by atoms with Gasteiger partial charge in [-0.3, -0.25) is 9.59 Å². The molecular weight excluding hydrogens is 383 g/mol. The molecule has 0 aromatic heterocycles. The molecule has 0 aliphatic heterocycles. The molecule has 0 fully saturated rings. The van der Waals surface area contributed by atoms with Crippen LogP contribution in [0.25, 0.3) is 0 Å². The van der Waals surface area contributed by atoms with E-state index in [0.717, 1.165) is 11.1 Å². The molecule has 2 aromatic carbocycles. The first-order valence-corrected chi connectivity index (χ1v) is 10.2. The van der Waals surface area contributed by atoms with Crippen LogP contribution in [-0.4, -0.2) is 35.9 Å². The fourth-order valence-electron chi connectivity index (χ4n) is 3.09. The molecule has 0 aliphatic carbocycles. The molecule has 0 saturated heterocycles. The number of aryl methyl sites for hydroxylation is 2. The predicted octanol–water partition coefficient (Wildman–Crippen LogP) is 4.01. The summed E-state index contributed by atoms with van der Waals surface area (Å²) in [6.45, 7) is 9.78. The van der Waals surface area contributed by atoms with Crippen LogP contribution in [0.1, 0.15) is 37.5 Å². The Balaban J connectivity index is 2.17. The Morgan fingerprint density at radius 3 is 2.30 bits per heavy atom. The van der Waals surface area contributed by atoms with E-state index in [1.807, 2.05) is 45.9 Å². The molecule has 0 radical (unpaired) electrons. The van der Waals surface area contributed by atoms with Crippen LogP contribution >= 0.6 is 0 Å². The van der Waals surface area contributed by atoms with Gasteiger partial charge < -0.3 is 15.0 Å². The van der Waals surface area contributed by atoms with Crippen molar-refractivity contribution in [2.24, 2.45) is 5.92 Å². The van der Waals surface area contributed by atoms with Gasteiger partial charge >= 0.3 is 0 Å². The summed E-state index contributed by atoms with van der Waals surface area (Å²) in [5, 5.41) is 2.84. The van der Waals surface area contributed by atoms with Crippen molar-refractivity contribution in [2.75, 3.05) is 13.2 Å². The number of nitrogens with one attached hydrogen (secondary N) is 1. The minimum atomic E-state index is -0.765. The van der Waals surface area contributed by atoms with Gasteiger partial charge in [0.25, 0.3) is 5.91 Å². The number of benzene rings is 2. The van der Waals surface area contributed by atoms with Crippen molar-refractivity contribution in [3.05, 3.63) is 65.0 Å². The number of nitrogens with zero attached hydrogens (tertiary/aromatic N) is 1. The van der Waals surface area contributed by atoms with Gasteiger partial charge in [-0.05, 0) is 56.0 Å². The molecule has 0 aliphatic rings. The highest BCUT2D eigenvalue weighted by atomic mass is 19.1. The standard InChI is InChI=1S/C24H31FN2O3/c1-16(2)13-26-24(29)19(5)27(14-20-8-6-7-9-22(20)25)23(28)15-30-21-11-17(3)10-18(4)12-21/h6-12,16,19H,13-15H2,1-5H3,(H,26,29)/t19-/m0/s1. The smallest absolute Gasteiger partial charge is 0.261 e. The Hall–Kier alpha value is -2.89. The van der Waals surface area contributed by atoms with E-state index in [1.165, 1.54) is 11.0 Å². The topological polar surface area (TPSA) is 58.6 Å². The fraction of sp³-hybridized carbons (Fsp3) is 0.417. The molecule has 5 nitrogen and oxygen atoms in total. The Morgan fingerprint density at radius 2 is 1.70 bits per heavy atom. The van der Waals surface area contributed by atoms with Gasteiger partial charge in [0.2, 0.25) is 5.91 Å². The summed E-state index contributed by atoms with van der Waals surface area (Å²) in [7, 11) is 0. The van der Waals surface area contributed by atoms with Crippen molar-refractivity contribution in [1.29, 1.82) is 0 Å². The zero-order valence-electron chi connectivity index (χ0n) is 18.4. The van der Waals surface area contributed by atoms with E-state index in [2.05, 4.69) is 5.32 Å². The Bertz CT molecular complexity index is 862. The molecule has 6 heteroatoms. The van der Waals surface area contributed by atoms with Gasteiger partial charge in [0.15, 0.2) is 6.61 Å². The molecule has 0 unspecified atom stereocenters. The maximum Gasteiger partial charge on any atom is 0.261 e. The summed E-state index contributed by atoms with van der Waals surface area (Å²) in [5.74, 6) is -0.210. The van der Waals surface area contributed by atoms with E-state index in [0.29, 0.717) is 17.9 Å². The zero-order chi connectivity index (χ0) is 22.3. The Morgan fingerprint density at radius 1 is 1.07 bits per heavy atom. The normalized spacial score (nSPS) is 11.8. The van der Waals surface area contributed by atoms with E-state index in [1.54, 1.807) is 25.1 Å². The van der Waals surface area contributed by atoms with Crippen LogP contribution in [0.3, 0.4) is 0 Å². The third-order valence-electron chi connectivity index (χ3n) is 4.71. The molecule has 1 atom stereocenters. The molecule has 2 aromatic rings. The van der Waals surface area contributed by atoms with Crippen LogP contribution in [0.15, 0.2) is 42.5 Å². The molecule has 0 bridgehead atoms. The minimum Gasteiger partial charge on any atom is -0.484 e. The van der Waals surface area contributed by atoms with Gasteiger partial charge in [0, 0.05) is 18.7 Å². The number of hydrogen-bond donors (Lipinski definition) is 1. The van der Waals surface area contributed by atoms with Crippen molar-refractivity contribution in [3.8, 4) is 5.75 Å². The number of halogens is 1. The number of hydrogen-bond acceptors (Lipinski definition) is 3. The second-order valence-electron chi connectivity index (χ2n) is 8.04. The quantitative estimate of drug-likeness (QED) is 0.674. The summed E-state index contributed by atoms with van der Waals surface area (Å²) in [4.78, 5) is 26.9. The van der Waals surface area contributed by atoms with Crippen LogP contribution in [-0.2, 0) is 16.1 Å². The maximum absolute atomic E-state index is 14.2. The van der Waals surface area contributed by atoms with Gasteiger partial charge in [-0.2, -0.15) is 0 Å². The molecule has 0 heterocycles. The monoisotopic (exact) mass is 414 g/mol. The van der Waals surface area contributed by atoms with Crippen LogP contribution in [0.5, 0.6) is 5.75 Å². The van der Waals surface area contributed by atoms with Crippen molar-refractivity contribution < 1.29 is 18.7 Å². The van der Waals surface area contributed by atoms with Gasteiger partial charge in [-0.25, -0.2) is 4.39 Å². The fourth-order valence-corrected chi connectivity index (χ4v) is 3.09. The van der Waals surface area contributed by atoms with Gasteiger partial charge in [-0.1, -0.05) is 38.1 Å². The van der Waals surface area contributed by atoms with Crippen LogP contribution in [0, 0.1) is 25.6 Å². The highest BCUT2D eigenvalue weighted by molar-refractivity contribution is 5.88. The first-order valence-electron chi connectivity index (χ1n) is 10.2. The molecule has 2 rings (SSSR count). The molecule has 0 saturated carbocycles. The predicted molar refractivity (Wildman–Crippen MR) is 116 cm³/mol. The Kier molecular flexibility index (Phi) is 8.39. The lowest BCUT2D eigenvalue weighted by Crippen LogP contribution is -2.49. The van der Waals surface area contributed by atoms with Crippen LogP contribution in [0.2, 0.25) is 0 Å². The van der Waals surface area contributed by atoms with Crippen molar-refractivity contribution >= 4 is 11.8 Å². The Labute approximate surface area is 178 Å². The molecule has 1 N–H and O–H groups in total. The van der Waals surface area contributed by atoms with Gasteiger partial charge in [-0.15, -0.1) is 0 Å². The number of carbonyl (C=O) groups is 2. The van der Waals surface area contributed by atoms with E-state index in [9.17, 15) is 14.0 Å². The summed E-state index contributed by atoms with van der Waals surface area (Å²) < 4.78 is 19.9. The van der Waals surface area contributed by atoms with Crippen LogP contribution < -0.4 is 10.1 Å². The van der Waals surface area contributed by atoms with Gasteiger partial charge in [0.05, 0.1) is 0 Å². The molecule has 30 heavy (non-hydrogen) atoms. The minimum absolute atomic E-state index is 0.0159. The van der Waals surface area contributed by atoms with E-state index in [4.69, 9.17) is 4.74 Å². The third-order valence-corrected chi connectivity index (χ3v) is 4.71. The lowest BCUT2D eigenvalue weighted by atomic mass is 10.1. The average molecular weight is 415 g/mol. The number of carbonyl (C=O) groups excluding carboxylic acids is 2. The van der Waals surface area contributed by atoms with Gasteiger partial charge in [0.1, 0.15) is 17.6 Å². The van der Waals surface area contributed by atoms with Crippen molar-refractivity contribution in [3.63, 3.8) is 0 Å². The van der Waals surface area contributed by atoms with E-state index in [-0.39, 0.29) is 30.9 Å². The third kappa shape index (κ3) is 6.87. The first kappa shape index (κ1) is 23.4. The first-order chi connectivity index (χ1) is 14.2. The highest BCUT2D eigenvalue weighted by Gasteiger charge is 2.27. The summed E-state index contributed by atoms with van der Waals surface area (Å²) >= 11 is 0. The summed E-state index contributed by atoms with van der Waals surface area (Å²) in [6, 6.07) is 11.2. The lowest BCUT2D eigenvalue weighted by molar-refractivity contribution is -0.142. The lowest BCUT2D eigenvalue weighted by Gasteiger charge is -2.29. The number of rotatable bonds is 9. The SMILES string of the molecule is Cc1cc(C)cc(OCC(=O)N(Cc2ccccc2F)[C@@H](C)C(=O)NCC(C)C)c1. The largest absolute Gasteiger partial charge is 0.484 e. The zero-order valence-corrected chi connectivity index (χ0v) is 18.4. The number of amides is 2. The number of ether oxygens (including phenoxy) is 1.